The van der Waals surface area contributed by atoms with Gasteiger partial charge in [-0.2, -0.15) is 0 Å². The van der Waals surface area contributed by atoms with E-state index in [0.717, 1.165) is 103 Å². The molecule has 1 N–H and O–H groups in total. The molecule has 13 heteroatoms. The molecule has 1 rings (SSSR count). The Bertz CT molecular complexity index is 1070. The molecule has 1 fully saturated rings. The molecule has 0 spiro atoms. The van der Waals surface area contributed by atoms with Crippen molar-refractivity contribution in [1.29, 1.82) is 0 Å². The zero-order valence-electron chi connectivity index (χ0n) is 36.1. The SMILES string of the molecule is CCCCCCCC(=O)OCCCCCCCCC(=O)OC1[C@@H](COC(=O)CCN(C)C)O[C@@H](O)[C@H]1OC(=O)CCCCCCCCOC(=O)CCCCCCC. The molecular formula is C44H79NO12. The fraction of sp³-hybridized carbons (Fsp3) is 0.886. The lowest BCUT2D eigenvalue weighted by atomic mass is 10.1. The molecule has 13 nitrogen and oxygen atoms in total. The molecule has 0 saturated carbocycles. The zero-order valence-corrected chi connectivity index (χ0v) is 36.1. The summed E-state index contributed by atoms with van der Waals surface area (Å²) in [6.45, 7) is 5.44. The van der Waals surface area contributed by atoms with Crippen LogP contribution in [0.25, 0.3) is 0 Å². The molecule has 1 aliphatic rings. The van der Waals surface area contributed by atoms with Crippen molar-refractivity contribution in [2.24, 2.45) is 0 Å². The second-order valence-corrected chi connectivity index (χ2v) is 15.7. The molecule has 1 saturated heterocycles. The van der Waals surface area contributed by atoms with Crippen molar-refractivity contribution in [2.45, 2.75) is 212 Å². The number of unbranched alkanes of at least 4 members (excludes halogenated alkanes) is 18. The largest absolute Gasteiger partial charge is 0.466 e. The van der Waals surface area contributed by atoms with Crippen molar-refractivity contribution in [3.05, 3.63) is 0 Å². The van der Waals surface area contributed by atoms with Gasteiger partial charge < -0.3 is 38.4 Å². The van der Waals surface area contributed by atoms with Crippen LogP contribution >= 0.6 is 0 Å². The Hall–Kier alpha value is -2.77. The van der Waals surface area contributed by atoms with Gasteiger partial charge in [-0.3, -0.25) is 24.0 Å². The highest BCUT2D eigenvalue weighted by molar-refractivity contribution is 5.71. The minimum absolute atomic E-state index is 0.120. The number of hydrogen-bond acceptors (Lipinski definition) is 13. The number of ether oxygens (including phenoxy) is 6. The molecule has 4 atom stereocenters. The number of carbonyl (C=O) groups excluding carboxylic acids is 5. The summed E-state index contributed by atoms with van der Waals surface area (Å²) in [4.78, 5) is 63.6. The van der Waals surface area contributed by atoms with Gasteiger partial charge in [0, 0.05) is 32.2 Å². The summed E-state index contributed by atoms with van der Waals surface area (Å²) < 4.78 is 32.9. The van der Waals surface area contributed by atoms with E-state index in [9.17, 15) is 29.1 Å². The fourth-order valence-corrected chi connectivity index (χ4v) is 6.51. The van der Waals surface area contributed by atoms with Crippen molar-refractivity contribution in [2.75, 3.05) is 40.5 Å². The van der Waals surface area contributed by atoms with E-state index in [1.165, 1.54) is 25.7 Å². The summed E-state index contributed by atoms with van der Waals surface area (Å²) in [5.41, 5.74) is 0. The van der Waals surface area contributed by atoms with E-state index >= 15 is 0 Å². The summed E-state index contributed by atoms with van der Waals surface area (Å²) in [5.74, 6) is -1.75. The van der Waals surface area contributed by atoms with Gasteiger partial charge in [0.15, 0.2) is 18.5 Å². The minimum atomic E-state index is -1.54. The molecule has 1 aliphatic heterocycles. The van der Waals surface area contributed by atoms with Crippen LogP contribution in [0.3, 0.4) is 0 Å². The van der Waals surface area contributed by atoms with Gasteiger partial charge in [-0.15, -0.1) is 0 Å². The number of aliphatic hydroxyl groups is 1. The van der Waals surface area contributed by atoms with Crippen LogP contribution in [-0.2, 0) is 52.4 Å². The summed E-state index contributed by atoms with van der Waals surface area (Å²) in [6, 6.07) is 0. The lowest BCUT2D eigenvalue weighted by molar-refractivity contribution is -0.177. The summed E-state index contributed by atoms with van der Waals surface area (Å²) in [7, 11) is 3.68. The Labute approximate surface area is 343 Å². The molecule has 0 aromatic heterocycles. The molecule has 0 radical (unpaired) electrons. The highest BCUT2D eigenvalue weighted by Crippen LogP contribution is 2.27. The van der Waals surface area contributed by atoms with Crippen LogP contribution in [0.4, 0.5) is 0 Å². The number of hydrogen-bond donors (Lipinski definition) is 1. The lowest BCUT2D eigenvalue weighted by Gasteiger charge is -2.23. The van der Waals surface area contributed by atoms with Crippen LogP contribution in [-0.4, -0.2) is 105 Å². The molecule has 0 aliphatic carbocycles. The van der Waals surface area contributed by atoms with Gasteiger partial charge in [0.1, 0.15) is 12.7 Å². The minimum Gasteiger partial charge on any atom is -0.466 e. The van der Waals surface area contributed by atoms with Crippen LogP contribution in [0.1, 0.15) is 187 Å². The third-order valence-corrected chi connectivity index (χ3v) is 10.0. The Morgan fingerprint density at radius 3 is 1.28 bits per heavy atom. The maximum absolute atomic E-state index is 12.9. The second-order valence-electron chi connectivity index (χ2n) is 15.7. The maximum Gasteiger partial charge on any atom is 0.307 e. The monoisotopic (exact) mass is 814 g/mol. The Morgan fingerprint density at radius 2 is 0.842 bits per heavy atom. The molecular weight excluding hydrogens is 734 g/mol. The first-order valence-electron chi connectivity index (χ1n) is 22.4. The highest BCUT2D eigenvalue weighted by Gasteiger charge is 2.49. The number of rotatable bonds is 37. The first kappa shape index (κ1) is 52.2. The molecule has 0 aromatic carbocycles. The third-order valence-electron chi connectivity index (χ3n) is 10.0. The van der Waals surface area contributed by atoms with E-state index in [0.29, 0.717) is 45.4 Å². The summed E-state index contributed by atoms with van der Waals surface area (Å²) in [5, 5.41) is 10.7. The summed E-state index contributed by atoms with van der Waals surface area (Å²) in [6.07, 6.45) is 17.6. The van der Waals surface area contributed by atoms with Gasteiger partial charge in [-0.1, -0.05) is 117 Å². The first-order chi connectivity index (χ1) is 27.6. The average molecular weight is 814 g/mol. The van der Waals surface area contributed by atoms with Gasteiger partial charge >= 0.3 is 29.8 Å². The number of carbonyl (C=O) groups is 5. The smallest absolute Gasteiger partial charge is 0.307 e. The summed E-state index contributed by atoms with van der Waals surface area (Å²) >= 11 is 0. The highest BCUT2D eigenvalue weighted by atomic mass is 16.7. The van der Waals surface area contributed by atoms with Crippen molar-refractivity contribution >= 4 is 29.8 Å². The van der Waals surface area contributed by atoms with E-state index in [2.05, 4.69) is 13.8 Å². The lowest BCUT2D eigenvalue weighted by Crippen LogP contribution is -2.42. The maximum atomic E-state index is 12.9. The molecule has 57 heavy (non-hydrogen) atoms. The Balaban J connectivity index is 2.40. The molecule has 0 aromatic rings. The van der Waals surface area contributed by atoms with Crippen LogP contribution in [0.2, 0.25) is 0 Å². The van der Waals surface area contributed by atoms with Gasteiger partial charge in [0.05, 0.1) is 19.6 Å². The van der Waals surface area contributed by atoms with Crippen molar-refractivity contribution in [1.82, 2.24) is 4.90 Å². The Kier molecular flexibility index (Phi) is 32.3. The van der Waals surface area contributed by atoms with E-state index in [1.54, 1.807) is 0 Å². The molecule has 1 heterocycles. The molecule has 0 bridgehead atoms. The van der Waals surface area contributed by atoms with E-state index in [-0.39, 0.29) is 37.8 Å². The van der Waals surface area contributed by atoms with Crippen LogP contribution < -0.4 is 0 Å². The third kappa shape index (κ3) is 29.1. The standard InChI is InChI=1S/C44H79NO12/c1-5-7-9-15-21-27-37(46)52-33-25-19-13-11-17-23-29-40(49)56-42-36(35-54-39(48)31-32-45(3)4)55-44(51)43(42)57-41(50)30-24-18-12-14-20-26-34-53-38(47)28-22-16-10-8-6-2/h36,42-44,51H,5-35H2,1-4H3/t36-,42?,43+,44-/m1/s1. The predicted octanol–water partition coefficient (Wildman–Crippen LogP) is 8.29. The number of esters is 5. The fourth-order valence-electron chi connectivity index (χ4n) is 6.51. The molecule has 1 unspecified atom stereocenters. The quantitative estimate of drug-likeness (QED) is 0.0362. The number of nitrogens with zero attached hydrogens (tertiary/aromatic N) is 1. The molecule has 332 valence electrons. The van der Waals surface area contributed by atoms with Gasteiger partial charge in [0.25, 0.3) is 0 Å². The molecule has 0 amide bonds. The van der Waals surface area contributed by atoms with E-state index in [1.807, 2.05) is 19.0 Å². The van der Waals surface area contributed by atoms with Gasteiger partial charge in [0.2, 0.25) is 0 Å². The van der Waals surface area contributed by atoms with Crippen molar-refractivity contribution in [3.63, 3.8) is 0 Å². The van der Waals surface area contributed by atoms with Gasteiger partial charge in [-0.25, -0.2) is 0 Å². The van der Waals surface area contributed by atoms with E-state index < -0.39 is 42.5 Å². The first-order valence-corrected chi connectivity index (χ1v) is 22.4. The van der Waals surface area contributed by atoms with Crippen LogP contribution in [0, 0.1) is 0 Å². The van der Waals surface area contributed by atoms with Gasteiger partial charge in [-0.05, 0) is 52.6 Å². The normalized spacial score (nSPS) is 17.7. The Morgan fingerprint density at radius 1 is 0.474 bits per heavy atom. The van der Waals surface area contributed by atoms with E-state index in [4.69, 9.17) is 28.4 Å². The predicted molar refractivity (Wildman–Crippen MR) is 218 cm³/mol. The second kappa shape index (κ2) is 35.2. The number of aliphatic hydroxyl groups excluding tert-OH is 1. The average Bonchev–Trinajstić information content (AvgIpc) is 3.46. The zero-order chi connectivity index (χ0) is 41.9. The van der Waals surface area contributed by atoms with Crippen LogP contribution in [0.5, 0.6) is 0 Å². The van der Waals surface area contributed by atoms with Crippen molar-refractivity contribution in [3.8, 4) is 0 Å². The van der Waals surface area contributed by atoms with Crippen molar-refractivity contribution < 1.29 is 57.5 Å². The van der Waals surface area contributed by atoms with Crippen LogP contribution in [0.15, 0.2) is 0 Å². The topological polar surface area (TPSA) is 164 Å².